The standard InChI is InChI=1S/C10H9Cl2NS/c11-6-1-2-7(8(12)5-6)10(3-4-10)9(13)14/h1-2,5H,3-4H2,(H2,13,14). The van der Waals surface area contributed by atoms with Gasteiger partial charge in [0, 0.05) is 15.5 Å². The number of nitrogens with two attached hydrogens (primary N) is 1. The van der Waals surface area contributed by atoms with Gasteiger partial charge in [-0.3, -0.25) is 0 Å². The lowest BCUT2D eigenvalue weighted by Crippen LogP contribution is -2.26. The number of hydrogen-bond acceptors (Lipinski definition) is 1. The number of halogens is 2. The first-order chi connectivity index (χ1) is 6.56. The molecule has 2 N–H and O–H groups in total. The van der Waals surface area contributed by atoms with Crippen molar-refractivity contribution in [1.82, 2.24) is 0 Å². The van der Waals surface area contributed by atoms with Gasteiger partial charge >= 0.3 is 0 Å². The molecule has 1 aromatic carbocycles. The van der Waals surface area contributed by atoms with Crippen LogP contribution in [-0.2, 0) is 5.41 Å². The van der Waals surface area contributed by atoms with Crippen LogP contribution in [-0.4, -0.2) is 4.99 Å². The van der Waals surface area contributed by atoms with Gasteiger partial charge in [0.2, 0.25) is 0 Å². The molecule has 0 bridgehead atoms. The maximum absolute atomic E-state index is 6.10. The van der Waals surface area contributed by atoms with Gasteiger partial charge in [-0.05, 0) is 30.5 Å². The number of hydrogen-bond donors (Lipinski definition) is 1. The van der Waals surface area contributed by atoms with Crippen LogP contribution in [0.15, 0.2) is 18.2 Å². The molecule has 0 aliphatic heterocycles. The fraction of sp³-hybridized carbons (Fsp3) is 0.300. The molecular weight excluding hydrogens is 237 g/mol. The zero-order valence-corrected chi connectivity index (χ0v) is 9.72. The molecule has 0 heterocycles. The fourth-order valence-electron chi connectivity index (χ4n) is 1.65. The molecule has 1 aliphatic rings. The van der Waals surface area contributed by atoms with Crippen LogP contribution in [0.2, 0.25) is 10.0 Å². The third-order valence-corrected chi connectivity index (χ3v) is 3.61. The van der Waals surface area contributed by atoms with Gasteiger partial charge in [-0.2, -0.15) is 0 Å². The largest absolute Gasteiger partial charge is 0.393 e. The monoisotopic (exact) mass is 245 g/mol. The van der Waals surface area contributed by atoms with Gasteiger partial charge in [0.05, 0.1) is 4.99 Å². The van der Waals surface area contributed by atoms with Crippen molar-refractivity contribution in [3.63, 3.8) is 0 Å². The minimum atomic E-state index is -0.156. The smallest absolute Gasteiger partial charge is 0.0835 e. The van der Waals surface area contributed by atoms with E-state index in [2.05, 4.69) is 0 Å². The minimum Gasteiger partial charge on any atom is -0.393 e. The normalized spacial score (nSPS) is 17.9. The zero-order chi connectivity index (χ0) is 10.3. The summed E-state index contributed by atoms with van der Waals surface area (Å²) in [6, 6.07) is 5.47. The van der Waals surface area contributed by atoms with Gasteiger partial charge in [0.25, 0.3) is 0 Å². The van der Waals surface area contributed by atoms with Gasteiger partial charge in [-0.15, -0.1) is 0 Å². The van der Waals surface area contributed by atoms with E-state index >= 15 is 0 Å². The second-order valence-corrected chi connectivity index (χ2v) is 4.85. The Bertz CT molecular complexity index is 399. The second kappa shape index (κ2) is 3.37. The molecule has 0 unspecified atom stereocenters. The van der Waals surface area contributed by atoms with Crippen LogP contribution in [0.4, 0.5) is 0 Å². The average Bonchev–Trinajstić information content (AvgIpc) is 2.84. The van der Waals surface area contributed by atoms with E-state index in [0.29, 0.717) is 15.0 Å². The molecule has 0 amide bonds. The van der Waals surface area contributed by atoms with Crippen molar-refractivity contribution in [2.24, 2.45) is 5.73 Å². The molecule has 1 saturated carbocycles. The van der Waals surface area contributed by atoms with E-state index in [4.69, 9.17) is 41.2 Å². The summed E-state index contributed by atoms with van der Waals surface area (Å²) < 4.78 is 0. The third-order valence-electron chi connectivity index (χ3n) is 2.67. The molecule has 4 heteroatoms. The van der Waals surface area contributed by atoms with E-state index in [0.717, 1.165) is 18.4 Å². The Kier molecular flexibility index (Phi) is 2.46. The first-order valence-electron chi connectivity index (χ1n) is 4.32. The maximum atomic E-state index is 6.10. The first kappa shape index (κ1) is 10.2. The number of benzene rings is 1. The highest BCUT2D eigenvalue weighted by molar-refractivity contribution is 7.80. The molecular formula is C10H9Cl2NS. The van der Waals surface area contributed by atoms with E-state index in [1.54, 1.807) is 6.07 Å². The molecule has 0 spiro atoms. The van der Waals surface area contributed by atoms with E-state index < -0.39 is 0 Å². The van der Waals surface area contributed by atoms with E-state index in [1.807, 2.05) is 12.1 Å². The quantitative estimate of drug-likeness (QED) is 0.810. The molecule has 1 nitrogen and oxygen atoms in total. The molecule has 0 atom stereocenters. The van der Waals surface area contributed by atoms with E-state index in [-0.39, 0.29) is 5.41 Å². The molecule has 1 aliphatic carbocycles. The van der Waals surface area contributed by atoms with Crippen molar-refractivity contribution >= 4 is 40.4 Å². The second-order valence-electron chi connectivity index (χ2n) is 3.57. The van der Waals surface area contributed by atoms with E-state index in [1.165, 1.54) is 0 Å². The summed E-state index contributed by atoms with van der Waals surface area (Å²) in [6.07, 6.45) is 1.98. The molecule has 1 aromatic rings. The molecule has 0 aromatic heterocycles. The summed E-state index contributed by atoms with van der Waals surface area (Å²) in [5.41, 5.74) is 6.57. The summed E-state index contributed by atoms with van der Waals surface area (Å²) in [6.45, 7) is 0. The fourth-order valence-corrected chi connectivity index (χ4v) is 2.55. The minimum absolute atomic E-state index is 0.156. The predicted octanol–water partition coefficient (Wildman–Crippen LogP) is 3.31. The summed E-state index contributed by atoms with van der Waals surface area (Å²) in [4.78, 5) is 0.529. The van der Waals surface area contributed by atoms with Crippen molar-refractivity contribution < 1.29 is 0 Å². The lowest BCUT2D eigenvalue weighted by molar-refractivity contribution is 0.955. The summed E-state index contributed by atoms with van der Waals surface area (Å²) in [7, 11) is 0. The average molecular weight is 246 g/mol. The molecule has 0 saturated heterocycles. The van der Waals surface area contributed by atoms with Gasteiger partial charge in [0.1, 0.15) is 0 Å². The zero-order valence-electron chi connectivity index (χ0n) is 7.39. The lowest BCUT2D eigenvalue weighted by atomic mass is 9.96. The van der Waals surface area contributed by atoms with Gasteiger partial charge in [-0.25, -0.2) is 0 Å². The summed E-state index contributed by atoms with van der Waals surface area (Å²) in [5, 5.41) is 1.29. The van der Waals surface area contributed by atoms with Crippen LogP contribution in [0.3, 0.4) is 0 Å². The van der Waals surface area contributed by atoms with Crippen LogP contribution in [0.25, 0.3) is 0 Å². The van der Waals surface area contributed by atoms with E-state index in [9.17, 15) is 0 Å². The number of thiocarbonyl (C=S) groups is 1. The molecule has 0 radical (unpaired) electrons. The first-order valence-corrected chi connectivity index (χ1v) is 5.48. The van der Waals surface area contributed by atoms with Crippen LogP contribution >= 0.6 is 35.4 Å². The Hall–Kier alpha value is -0.310. The van der Waals surface area contributed by atoms with Crippen molar-refractivity contribution in [3.8, 4) is 0 Å². The predicted molar refractivity (Wildman–Crippen MR) is 64.2 cm³/mol. The van der Waals surface area contributed by atoms with Crippen LogP contribution < -0.4 is 5.73 Å². The molecule has 14 heavy (non-hydrogen) atoms. The molecule has 1 fully saturated rings. The van der Waals surface area contributed by atoms with Crippen molar-refractivity contribution in [2.45, 2.75) is 18.3 Å². The molecule has 2 rings (SSSR count). The maximum Gasteiger partial charge on any atom is 0.0835 e. The number of rotatable bonds is 2. The highest BCUT2D eigenvalue weighted by Gasteiger charge is 2.48. The van der Waals surface area contributed by atoms with Gasteiger partial charge < -0.3 is 5.73 Å². The van der Waals surface area contributed by atoms with Crippen molar-refractivity contribution in [3.05, 3.63) is 33.8 Å². The Morgan fingerprint density at radius 3 is 2.43 bits per heavy atom. The van der Waals surface area contributed by atoms with Gasteiger partial charge in [-0.1, -0.05) is 41.5 Å². The summed E-state index contributed by atoms with van der Waals surface area (Å²) >= 11 is 17.0. The Morgan fingerprint density at radius 2 is 2.00 bits per heavy atom. The summed E-state index contributed by atoms with van der Waals surface area (Å²) in [5.74, 6) is 0. The SMILES string of the molecule is NC(=S)C1(c2ccc(Cl)cc2Cl)CC1. The molecule has 74 valence electrons. The van der Waals surface area contributed by atoms with Crippen LogP contribution in [0.5, 0.6) is 0 Å². The highest BCUT2D eigenvalue weighted by atomic mass is 35.5. The van der Waals surface area contributed by atoms with Crippen molar-refractivity contribution in [2.75, 3.05) is 0 Å². The Morgan fingerprint density at radius 1 is 1.36 bits per heavy atom. The van der Waals surface area contributed by atoms with Crippen LogP contribution in [0.1, 0.15) is 18.4 Å². The van der Waals surface area contributed by atoms with Gasteiger partial charge in [0.15, 0.2) is 0 Å². The lowest BCUT2D eigenvalue weighted by Gasteiger charge is -2.15. The Labute approximate surface area is 98.2 Å². The van der Waals surface area contributed by atoms with Crippen LogP contribution in [0, 0.1) is 0 Å². The third kappa shape index (κ3) is 1.52. The highest BCUT2D eigenvalue weighted by Crippen LogP contribution is 2.50. The Balaban J connectivity index is 2.47. The van der Waals surface area contributed by atoms with Crippen molar-refractivity contribution in [1.29, 1.82) is 0 Å². The topological polar surface area (TPSA) is 26.0 Å².